The molecule has 0 bridgehead atoms. The van der Waals surface area contributed by atoms with Gasteiger partial charge in [-0.25, -0.2) is 0 Å². The second-order valence-corrected chi connectivity index (χ2v) is 6.65. The molecule has 28 heavy (non-hydrogen) atoms. The number of benzene rings is 2. The normalized spacial score (nSPS) is 13.6. The topological polar surface area (TPSA) is 66.0 Å². The average molecular weight is 380 g/mol. The Morgan fingerprint density at radius 3 is 2.71 bits per heavy atom. The van der Waals surface area contributed by atoms with Crippen molar-refractivity contribution in [2.75, 3.05) is 38.2 Å². The Morgan fingerprint density at radius 1 is 1.11 bits per heavy atom. The minimum absolute atomic E-state index is 0.0579. The number of carbonyl (C=O) groups is 1. The molecular weight excluding hydrogens is 352 g/mol. The van der Waals surface area contributed by atoms with Crippen LogP contribution in [0.4, 0.5) is 5.69 Å². The second-order valence-electron chi connectivity index (χ2n) is 6.65. The maximum atomic E-state index is 12.7. The fourth-order valence-electron chi connectivity index (χ4n) is 3.25. The number of guanidine groups is 1. The van der Waals surface area contributed by atoms with Gasteiger partial charge in [0.1, 0.15) is 5.75 Å². The number of nitrogens with one attached hydrogen (secondary N) is 2. The minimum Gasteiger partial charge on any atom is -0.494 e. The molecule has 1 aliphatic heterocycles. The predicted molar refractivity (Wildman–Crippen MR) is 113 cm³/mol. The van der Waals surface area contributed by atoms with Crippen molar-refractivity contribution in [3.05, 3.63) is 60.2 Å². The van der Waals surface area contributed by atoms with Crippen LogP contribution in [0.1, 0.15) is 18.4 Å². The molecule has 1 amide bonds. The molecule has 0 spiro atoms. The van der Waals surface area contributed by atoms with Gasteiger partial charge in [-0.2, -0.15) is 0 Å². The molecule has 148 valence electrons. The molecule has 0 saturated heterocycles. The highest BCUT2D eigenvalue weighted by atomic mass is 16.5. The number of ether oxygens (including phenoxy) is 1. The van der Waals surface area contributed by atoms with Gasteiger partial charge in [0, 0.05) is 25.8 Å². The monoisotopic (exact) mass is 380 g/mol. The first-order valence-corrected chi connectivity index (χ1v) is 9.78. The SMILES string of the molecule is CN=C(NCCCOc1ccccc1)NCC(=O)N1CCCc2ccccc21. The Kier molecular flexibility index (Phi) is 7.29. The third-order valence-corrected chi connectivity index (χ3v) is 4.67. The number of hydrogen-bond acceptors (Lipinski definition) is 3. The zero-order valence-electron chi connectivity index (χ0n) is 16.4. The summed E-state index contributed by atoms with van der Waals surface area (Å²) in [4.78, 5) is 18.7. The predicted octanol–water partition coefficient (Wildman–Crippen LogP) is 2.60. The third-order valence-electron chi connectivity index (χ3n) is 4.67. The standard InChI is InChI=1S/C22H28N4O2/c1-23-22(24-14-8-16-28-19-11-3-2-4-12-19)25-17-21(27)26-15-7-10-18-9-5-6-13-20(18)26/h2-6,9,11-13H,7-8,10,14-17H2,1H3,(H2,23,24,25). The number of amides is 1. The van der Waals surface area contributed by atoms with Crippen LogP contribution in [0.5, 0.6) is 5.75 Å². The van der Waals surface area contributed by atoms with Crippen molar-refractivity contribution in [1.29, 1.82) is 0 Å². The van der Waals surface area contributed by atoms with Gasteiger partial charge in [0.2, 0.25) is 5.91 Å². The van der Waals surface area contributed by atoms with Gasteiger partial charge >= 0.3 is 0 Å². The Morgan fingerprint density at radius 2 is 1.89 bits per heavy atom. The highest BCUT2D eigenvalue weighted by Gasteiger charge is 2.21. The molecule has 2 aromatic carbocycles. The van der Waals surface area contributed by atoms with Crippen molar-refractivity contribution >= 4 is 17.6 Å². The van der Waals surface area contributed by atoms with Gasteiger partial charge in [-0.15, -0.1) is 0 Å². The summed E-state index contributed by atoms with van der Waals surface area (Å²) in [6.45, 7) is 2.32. The Labute approximate surface area is 166 Å². The van der Waals surface area contributed by atoms with E-state index >= 15 is 0 Å². The van der Waals surface area contributed by atoms with Crippen LogP contribution >= 0.6 is 0 Å². The molecule has 0 aliphatic carbocycles. The van der Waals surface area contributed by atoms with E-state index in [9.17, 15) is 4.79 Å². The van der Waals surface area contributed by atoms with Gasteiger partial charge in [-0.3, -0.25) is 9.79 Å². The molecule has 1 aliphatic rings. The lowest BCUT2D eigenvalue weighted by Crippen LogP contribution is -2.46. The maximum Gasteiger partial charge on any atom is 0.246 e. The molecule has 0 unspecified atom stereocenters. The minimum atomic E-state index is 0.0579. The van der Waals surface area contributed by atoms with Crippen LogP contribution in [0.3, 0.4) is 0 Å². The van der Waals surface area contributed by atoms with Gasteiger partial charge in [-0.05, 0) is 43.0 Å². The van der Waals surface area contributed by atoms with E-state index in [2.05, 4.69) is 21.7 Å². The highest BCUT2D eigenvalue weighted by molar-refractivity contribution is 5.98. The van der Waals surface area contributed by atoms with Gasteiger partial charge < -0.3 is 20.3 Å². The zero-order valence-corrected chi connectivity index (χ0v) is 16.4. The number of hydrogen-bond donors (Lipinski definition) is 2. The first-order valence-electron chi connectivity index (χ1n) is 9.78. The lowest BCUT2D eigenvalue weighted by atomic mass is 10.0. The molecule has 0 fully saturated rings. The van der Waals surface area contributed by atoms with Crippen LogP contribution in [-0.4, -0.2) is 45.2 Å². The number of aliphatic imine (C=N–C) groups is 1. The molecule has 2 aromatic rings. The summed E-state index contributed by atoms with van der Waals surface area (Å²) in [5, 5.41) is 6.33. The van der Waals surface area contributed by atoms with E-state index in [1.165, 1.54) is 5.56 Å². The molecule has 3 rings (SSSR count). The smallest absolute Gasteiger partial charge is 0.246 e. The summed E-state index contributed by atoms with van der Waals surface area (Å²) >= 11 is 0. The van der Waals surface area contributed by atoms with Crippen LogP contribution in [0.15, 0.2) is 59.6 Å². The highest BCUT2D eigenvalue weighted by Crippen LogP contribution is 2.26. The van der Waals surface area contributed by atoms with E-state index in [1.807, 2.05) is 53.4 Å². The molecule has 1 heterocycles. The number of rotatable bonds is 7. The number of carbonyl (C=O) groups excluding carboxylic acids is 1. The molecule has 0 atom stereocenters. The van der Waals surface area contributed by atoms with E-state index in [0.29, 0.717) is 19.1 Å². The summed E-state index contributed by atoms with van der Waals surface area (Å²) in [6, 6.07) is 17.9. The number of para-hydroxylation sites is 2. The molecule has 2 N–H and O–H groups in total. The van der Waals surface area contributed by atoms with Crippen molar-refractivity contribution in [3.63, 3.8) is 0 Å². The first kappa shape index (κ1) is 19.7. The Bertz CT molecular complexity index is 792. The first-order chi connectivity index (χ1) is 13.8. The largest absolute Gasteiger partial charge is 0.494 e. The van der Waals surface area contributed by atoms with Crippen LogP contribution in [0.25, 0.3) is 0 Å². The number of fused-ring (bicyclic) bond motifs is 1. The Balaban J connectivity index is 1.39. The van der Waals surface area contributed by atoms with Crippen LogP contribution in [-0.2, 0) is 11.2 Å². The summed E-state index contributed by atoms with van der Waals surface area (Å²) < 4.78 is 5.67. The lowest BCUT2D eigenvalue weighted by Gasteiger charge is -2.29. The molecule has 0 saturated carbocycles. The van der Waals surface area contributed by atoms with Crippen molar-refractivity contribution in [2.45, 2.75) is 19.3 Å². The Hall–Kier alpha value is -3.02. The summed E-state index contributed by atoms with van der Waals surface area (Å²) in [5.41, 5.74) is 2.27. The van der Waals surface area contributed by atoms with Crippen molar-refractivity contribution < 1.29 is 9.53 Å². The van der Waals surface area contributed by atoms with Crippen LogP contribution in [0, 0.1) is 0 Å². The van der Waals surface area contributed by atoms with Crippen LogP contribution < -0.4 is 20.3 Å². The second kappa shape index (κ2) is 10.3. The fraction of sp³-hybridized carbons (Fsp3) is 0.364. The molecular formula is C22H28N4O2. The van der Waals surface area contributed by atoms with Crippen molar-refractivity contribution in [3.8, 4) is 5.75 Å². The fourth-order valence-corrected chi connectivity index (χ4v) is 3.25. The van der Waals surface area contributed by atoms with E-state index in [4.69, 9.17) is 4.74 Å². The lowest BCUT2D eigenvalue weighted by molar-refractivity contribution is -0.117. The van der Waals surface area contributed by atoms with Crippen molar-refractivity contribution in [1.82, 2.24) is 10.6 Å². The van der Waals surface area contributed by atoms with E-state index in [-0.39, 0.29) is 12.5 Å². The number of aryl methyl sites for hydroxylation is 1. The van der Waals surface area contributed by atoms with Gasteiger partial charge in [0.05, 0.1) is 13.2 Å². The van der Waals surface area contributed by atoms with Gasteiger partial charge in [0.15, 0.2) is 5.96 Å². The molecule has 6 heteroatoms. The van der Waals surface area contributed by atoms with Crippen molar-refractivity contribution in [2.24, 2.45) is 4.99 Å². The summed E-state index contributed by atoms with van der Waals surface area (Å²) in [5.74, 6) is 1.55. The zero-order chi connectivity index (χ0) is 19.6. The quantitative estimate of drug-likeness (QED) is 0.440. The van der Waals surface area contributed by atoms with E-state index in [0.717, 1.165) is 37.2 Å². The molecule has 0 radical (unpaired) electrons. The third kappa shape index (κ3) is 5.49. The van der Waals surface area contributed by atoms with Crippen LogP contribution in [0.2, 0.25) is 0 Å². The van der Waals surface area contributed by atoms with Gasteiger partial charge in [0.25, 0.3) is 0 Å². The van der Waals surface area contributed by atoms with Gasteiger partial charge in [-0.1, -0.05) is 36.4 Å². The summed E-state index contributed by atoms with van der Waals surface area (Å²) in [6.07, 6.45) is 2.86. The molecule has 6 nitrogen and oxygen atoms in total. The summed E-state index contributed by atoms with van der Waals surface area (Å²) in [7, 11) is 1.70. The molecule has 0 aromatic heterocycles. The maximum absolute atomic E-state index is 12.7. The number of anilines is 1. The van der Waals surface area contributed by atoms with E-state index < -0.39 is 0 Å². The average Bonchev–Trinajstić information content (AvgIpc) is 2.75. The number of nitrogens with zero attached hydrogens (tertiary/aromatic N) is 2. The van der Waals surface area contributed by atoms with E-state index in [1.54, 1.807) is 7.05 Å².